The fourth-order valence-electron chi connectivity index (χ4n) is 7.09. The Morgan fingerprint density at radius 1 is 0.660 bits per heavy atom. The topological polar surface area (TPSA) is 55.1 Å². The van der Waals surface area contributed by atoms with E-state index in [1.54, 1.807) is 11.8 Å². The van der Waals surface area contributed by atoms with Gasteiger partial charge in [-0.2, -0.15) is 0 Å². The van der Waals surface area contributed by atoms with Crippen LogP contribution >= 0.6 is 11.8 Å². The minimum absolute atomic E-state index is 0.462. The highest BCUT2D eigenvalue weighted by molar-refractivity contribution is 7.99. The Morgan fingerprint density at radius 2 is 1.38 bits per heavy atom. The summed E-state index contributed by atoms with van der Waals surface area (Å²) in [5.41, 5.74) is 9.79. The second kappa shape index (κ2) is 13.9. The lowest BCUT2D eigenvalue weighted by Crippen LogP contribution is -2.10. The van der Waals surface area contributed by atoms with Gasteiger partial charge >= 0.3 is 0 Å². The first-order chi connectivity index (χ1) is 26.1. The van der Waals surface area contributed by atoms with Crippen molar-refractivity contribution in [2.75, 3.05) is 5.75 Å². The average molecular weight is 703 g/mol. The molecule has 53 heavy (non-hydrogen) atoms. The Hall–Kier alpha value is -6.50. The first-order valence-corrected chi connectivity index (χ1v) is 18.5. The van der Waals surface area contributed by atoms with Crippen LogP contribution in [0.4, 0.5) is 0 Å². The monoisotopic (exact) mass is 702 g/mol. The molecule has 1 aliphatic heterocycles. The minimum atomic E-state index is 0.462. The smallest absolute Gasteiger partial charge is 0.160 e. The Morgan fingerprint density at radius 3 is 2.21 bits per heavy atom. The number of hydrogen-bond acceptors (Lipinski definition) is 3. The molecule has 6 aromatic carbocycles. The summed E-state index contributed by atoms with van der Waals surface area (Å²) >= 11 is 1.76. The SMILES string of the molecule is C=NC(=NC(=NCc1ccccc1)/C1=C/C(n2c3ccccc3c3cc4oc5ccccc5c4cc32)=C\C(=C)c2ccccc2SC1)c1ccccc1. The first-order valence-electron chi connectivity index (χ1n) is 17.5. The van der Waals surface area contributed by atoms with E-state index in [-0.39, 0.29) is 0 Å². The van der Waals surface area contributed by atoms with Crippen LogP contribution in [0.15, 0.2) is 194 Å². The van der Waals surface area contributed by atoms with E-state index in [9.17, 15) is 0 Å². The molecular weight excluding hydrogens is 669 g/mol. The fourth-order valence-corrected chi connectivity index (χ4v) is 8.14. The first kappa shape index (κ1) is 32.4. The molecular formula is C47H34N4OS. The molecule has 9 rings (SSSR count). The molecule has 0 amide bonds. The molecule has 0 bridgehead atoms. The summed E-state index contributed by atoms with van der Waals surface area (Å²) in [6, 6.07) is 49.9. The van der Waals surface area contributed by atoms with Gasteiger partial charge in [-0.3, -0.25) is 4.99 Å². The number of aliphatic imine (C=N–C) groups is 3. The fraction of sp³-hybridized carbons (Fsp3) is 0.0426. The van der Waals surface area contributed by atoms with Crippen molar-refractivity contribution in [3.8, 4) is 0 Å². The Kier molecular flexibility index (Phi) is 8.50. The highest BCUT2D eigenvalue weighted by atomic mass is 32.2. The lowest BCUT2D eigenvalue weighted by atomic mass is 10.1. The molecule has 1 aliphatic rings. The van der Waals surface area contributed by atoms with E-state index in [2.05, 4.69) is 120 Å². The van der Waals surface area contributed by atoms with Crippen LogP contribution < -0.4 is 0 Å². The zero-order chi connectivity index (χ0) is 35.7. The summed E-state index contributed by atoms with van der Waals surface area (Å²) in [5, 5.41) is 4.41. The van der Waals surface area contributed by atoms with E-state index in [4.69, 9.17) is 14.4 Å². The maximum Gasteiger partial charge on any atom is 0.160 e. The molecule has 2 aromatic heterocycles. The normalized spacial score (nSPS) is 16.1. The average Bonchev–Trinajstić information content (AvgIpc) is 3.75. The molecule has 3 heterocycles. The van der Waals surface area contributed by atoms with Gasteiger partial charge in [0.2, 0.25) is 0 Å². The lowest BCUT2D eigenvalue weighted by Gasteiger charge is -2.13. The van der Waals surface area contributed by atoms with Gasteiger partial charge in [-0.15, -0.1) is 11.8 Å². The van der Waals surface area contributed by atoms with Gasteiger partial charge in [0.25, 0.3) is 0 Å². The van der Waals surface area contributed by atoms with Crippen molar-refractivity contribution in [2.45, 2.75) is 11.4 Å². The number of rotatable bonds is 5. The highest BCUT2D eigenvalue weighted by Gasteiger charge is 2.21. The van der Waals surface area contributed by atoms with Gasteiger partial charge in [0, 0.05) is 49.0 Å². The van der Waals surface area contributed by atoms with Crippen LogP contribution in [0.25, 0.3) is 55.0 Å². The number of thioether (sulfide) groups is 1. The Balaban J connectivity index is 1.32. The second-order valence-corrected chi connectivity index (χ2v) is 14.0. The number of allylic oxidation sites excluding steroid dienone is 4. The summed E-state index contributed by atoms with van der Waals surface area (Å²) in [4.78, 5) is 15.9. The number of hydrogen-bond donors (Lipinski definition) is 0. The molecule has 6 heteroatoms. The molecule has 0 aliphatic carbocycles. The summed E-state index contributed by atoms with van der Waals surface area (Å²) in [6.45, 7) is 9.00. The standard InChI is InChI=1S/C47H34N4OS/c1-31-25-35(51-41-22-12-9-20-37(41)39-28-44-40(27-42(39)51)38-21-10-13-23-43(38)52-44)26-34(30-53-45-24-14-11-19-36(31)45)47(49-29-32-15-5-3-6-16-32)50-46(48-2)33-17-7-4-8-18-33/h3-28H,1-2,29-30H2/b34-26+,35-25+,49-47?,50-46?. The van der Waals surface area contributed by atoms with Crippen molar-refractivity contribution in [3.05, 3.63) is 187 Å². The number of para-hydroxylation sites is 2. The number of amidine groups is 2. The van der Waals surface area contributed by atoms with Crippen molar-refractivity contribution in [1.82, 2.24) is 4.57 Å². The summed E-state index contributed by atoms with van der Waals surface area (Å²) in [6.07, 6.45) is 4.42. The van der Waals surface area contributed by atoms with Crippen molar-refractivity contribution in [1.29, 1.82) is 0 Å². The van der Waals surface area contributed by atoms with Crippen molar-refractivity contribution < 1.29 is 4.42 Å². The van der Waals surface area contributed by atoms with Gasteiger partial charge in [-0.05, 0) is 65.9 Å². The third-order valence-electron chi connectivity index (χ3n) is 9.62. The van der Waals surface area contributed by atoms with E-state index in [0.717, 1.165) is 82.2 Å². The van der Waals surface area contributed by atoms with Gasteiger partial charge in [0.05, 0.1) is 17.6 Å². The highest BCUT2D eigenvalue weighted by Crippen LogP contribution is 2.40. The van der Waals surface area contributed by atoms with Crippen LogP contribution in [0.3, 0.4) is 0 Å². The predicted octanol–water partition coefficient (Wildman–Crippen LogP) is 12.0. The molecule has 0 radical (unpaired) electrons. The minimum Gasteiger partial charge on any atom is -0.456 e. The van der Waals surface area contributed by atoms with Crippen molar-refractivity contribution in [2.24, 2.45) is 15.0 Å². The van der Waals surface area contributed by atoms with Gasteiger partial charge in [0.15, 0.2) is 11.7 Å². The molecule has 5 nitrogen and oxygen atoms in total. The van der Waals surface area contributed by atoms with Gasteiger partial charge in [0.1, 0.15) is 11.2 Å². The van der Waals surface area contributed by atoms with E-state index in [0.29, 0.717) is 24.0 Å². The van der Waals surface area contributed by atoms with E-state index < -0.39 is 0 Å². The molecule has 0 unspecified atom stereocenters. The van der Waals surface area contributed by atoms with E-state index in [1.807, 2.05) is 60.7 Å². The molecule has 254 valence electrons. The van der Waals surface area contributed by atoms with Gasteiger partial charge < -0.3 is 8.98 Å². The van der Waals surface area contributed by atoms with Crippen LogP contribution in [-0.2, 0) is 6.54 Å². The third kappa shape index (κ3) is 6.13. The number of benzene rings is 6. The quantitative estimate of drug-likeness (QED) is 0.132. The van der Waals surface area contributed by atoms with Crippen molar-refractivity contribution in [3.63, 3.8) is 0 Å². The molecule has 0 atom stereocenters. The molecule has 0 fully saturated rings. The van der Waals surface area contributed by atoms with Crippen LogP contribution in [0.5, 0.6) is 0 Å². The van der Waals surface area contributed by atoms with Gasteiger partial charge in [-0.1, -0.05) is 122 Å². The van der Waals surface area contributed by atoms with Crippen LogP contribution in [0.2, 0.25) is 0 Å². The third-order valence-corrected chi connectivity index (χ3v) is 10.7. The zero-order valence-electron chi connectivity index (χ0n) is 28.9. The van der Waals surface area contributed by atoms with Crippen molar-refractivity contribution >= 4 is 85.2 Å². The number of furan rings is 1. The van der Waals surface area contributed by atoms with E-state index in [1.165, 1.54) is 0 Å². The maximum atomic E-state index is 6.37. The molecule has 8 aromatic rings. The number of fused-ring (bicyclic) bond motifs is 7. The largest absolute Gasteiger partial charge is 0.456 e. The lowest BCUT2D eigenvalue weighted by molar-refractivity contribution is 0.669. The summed E-state index contributed by atoms with van der Waals surface area (Å²) in [7, 11) is 0. The zero-order valence-corrected chi connectivity index (χ0v) is 29.8. The predicted molar refractivity (Wildman–Crippen MR) is 225 cm³/mol. The summed E-state index contributed by atoms with van der Waals surface area (Å²) in [5.74, 6) is 1.74. The van der Waals surface area contributed by atoms with Crippen LogP contribution in [-0.4, -0.2) is 28.7 Å². The molecule has 0 spiro atoms. The summed E-state index contributed by atoms with van der Waals surface area (Å²) < 4.78 is 8.72. The maximum absolute atomic E-state index is 6.37. The molecule has 0 saturated carbocycles. The molecule has 0 saturated heterocycles. The van der Waals surface area contributed by atoms with Gasteiger partial charge in [-0.25, -0.2) is 9.98 Å². The molecule has 0 N–H and O–H groups in total. The van der Waals surface area contributed by atoms with Crippen LogP contribution in [0, 0.1) is 0 Å². The van der Waals surface area contributed by atoms with E-state index >= 15 is 0 Å². The number of aromatic nitrogens is 1. The Bertz CT molecular complexity index is 2840. The van der Waals surface area contributed by atoms with Crippen LogP contribution in [0.1, 0.15) is 16.7 Å². The Labute approximate surface area is 311 Å². The second-order valence-electron chi connectivity index (χ2n) is 13.0. The number of nitrogens with zero attached hydrogens (tertiary/aromatic N) is 4.